The van der Waals surface area contributed by atoms with Crippen molar-refractivity contribution in [2.75, 3.05) is 26.2 Å². The summed E-state index contributed by atoms with van der Waals surface area (Å²) in [5.74, 6) is 0.807. The largest absolute Gasteiger partial charge is 0.314 e. The van der Waals surface area contributed by atoms with Gasteiger partial charge >= 0.3 is 0 Å². The zero-order valence-electron chi connectivity index (χ0n) is 11.7. The number of nitrogens with zero attached hydrogens (tertiary/aromatic N) is 1. The van der Waals surface area contributed by atoms with Gasteiger partial charge in [0.25, 0.3) is 0 Å². The molecule has 0 bridgehead atoms. The van der Waals surface area contributed by atoms with Gasteiger partial charge in [-0.15, -0.1) is 0 Å². The molecule has 1 aliphatic carbocycles. The van der Waals surface area contributed by atoms with Crippen molar-refractivity contribution in [2.24, 2.45) is 5.92 Å². The van der Waals surface area contributed by atoms with E-state index < -0.39 is 0 Å². The second-order valence-corrected chi connectivity index (χ2v) is 7.21. The summed E-state index contributed by atoms with van der Waals surface area (Å²) in [5.41, 5.74) is 1.43. The molecule has 2 fully saturated rings. The van der Waals surface area contributed by atoms with Crippen molar-refractivity contribution in [1.82, 2.24) is 10.2 Å². The third kappa shape index (κ3) is 3.22. The maximum Gasteiger partial charge on any atom is 0.0548 e. The summed E-state index contributed by atoms with van der Waals surface area (Å²) in [6.07, 6.45) is 5.52. The minimum Gasteiger partial charge on any atom is -0.314 e. The molecule has 1 atom stereocenters. The fraction of sp³-hybridized carbons (Fsp3) is 0.625. The molecule has 1 heterocycles. The van der Waals surface area contributed by atoms with Crippen LogP contribution in [0.2, 0.25) is 5.02 Å². The van der Waals surface area contributed by atoms with Crippen LogP contribution < -0.4 is 5.32 Å². The second kappa shape index (κ2) is 6.78. The summed E-state index contributed by atoms with van der Waals surface area (Å²) >= 11 is 9.74. The van der Waals surface area contributed by atoms with E-state index in [0.717, 1.165) is 41.6 Å². The molecule has 4 heteroatoms. The highest BCUT2D eigenvalue weighted by atomic mass is 79.9. The van der Waals surface area contributed by atoms with Crippen molar-refractivity contribution >= 4 is 27.5 Å². The Hall–Kier alpha value is -0.0900. The van der Waals surface area contributed by atoms with Crippen LogP contribution >= 0.6 is 27.5 Å². The predicted molar refractivity (Wildman–Crippen MR) is 88.3 cm³/mol. The maximum atomic E-state index is 6.16. The molecule has 3 rings (SSSR count). The molecule has 2 aliphatic rings. The highest BCUT2D eigenvalue weighted by Crippen LogP contribution is 2.41. The third-order valence-electron chi connectivity index (χ3n) is 4.68. The van der Waals surface area contributed by atoms with Crippen LogP contribution in [-0.2, 0) is 0 Å². The van der Waals surface area contributed by atoms with E-state index in [2.05, 4.69) is 38.3 Å². The number of rotatable bonds is 3. The van der Waals surface area contributed by atoms with Crippen molar-refractivity contribution in [3.05, 3.63) is 33.3 Å². The average molecular weight is 358 g/mol. The number of piperazine rings is 1. The summed E-state index contributed by atoms with van der Waals surface area (Å²) in [7, 11) is 0. The first-order valence-corrected chi connectivity index (χ1v) is 8.82. The zero-order valence-corrected chi connectivity index (χ0v) is 14.1. The smallest absolute Gasteiger partial charge is 0.0548 e. The van der Waals surface area contributed by atoms with Gasteiger partial charge in [0.2, 0.25) is 0 Å². The van der Waals surface area contributed by atoms with Gasteiger partial charge in [-0.3, -0.25) is 4.90 Å². The first kappa shape index (κ1) is 14.8. The zero-order chi connectivity index (χ0) is 13.9. The molecule has 1 aromatic carbocycles. The summed E-state index contributed by atoms with van der Waals surface area (Å²) in [6, 6.07) is 7.05. The minimum absolute atomic E-state index is 0.563. The van der Waals surface area contributed by atoms with Gasteiger partial charge in [0.05, 0.1) is 5.02 Å². The van der Waals surface area contributed by atoms with Crippen molar-refractivity contribution < 1.29 is 0 Å². The van der Waals surface area contributed by atoms with E-state index in [1.807, 2.05) is 6.07 Å². The lowest BCUT2D eigenvalue weighted by Crippen LogP contribution is -2.46. The van der Waals surface area contributed by atoms with E-state index in [9.17, 15) is 0 Å². The van der Waals surface area contributed by atoms with Crippen LogP contribution in [0.25, 0.3) is 0 Å². The highest BCUT2D eigenvalue weighted by Gasteiger charge is 2.31. The Labute approximate surface area is 135 Å². The van der Waals surface area contributed by atoms with E-state index >= 15 is 0 Å². The number of benzene rings is 1. The van der Waals surface area contributed by atoms with Gasteiger partial charge < -0.3 is 5.32 Å². The summed E-state index contributed by atoms with van der Waals surface area (Å²) in [5, 5.41) is 4.26. The molecule has 0 aromatic heterocycles. The number of halogens is 2. The monoisotopic (exact) mass is 356 g/mol. The van der Waals surface area contributed by atoms with Gasteiger partial charge in [0.1, 0.15) is 0 Å². The van der Waals surface area contributed by atoms with Crippen molar-refractivity contribution in [3.63, 3.8) is 0 Å². The van der Waals surface area contributed by atoms with Gasteiger partial charge in [-0.25, -0.2) is 0 Å². The maximum absolute atomic E-state index is 6.16. The molecule has 1 N–H and O–H groups in total. The van der Waals surface area contributed by atoms with Crippen molar-refractivity contribution in [3.8, 4) is 0 Å². The molecular weight excluding hydrogens is 336 g/mol. The highest BCUT2D eigenvalue weighted by molar-refractivity contribution is 9.10. The van der Waals surface area contributed by atoms with E-state index in [0.29, 0.717) is 6.04 Å². The van der Waals surface area contributed by atoms with Crippen LogP contribution in [0.15, 0.2) is 22.7 Å². The molecule has 1 aliphatic heterocycles. The Kier molecular flexibility index (Phi) is 5.03. The van der Waals surface area contributed by atoms with Crippen LogP contribution in [0.4, 0.5) is 0 Å². The molecule has 0 unspecified atom stereocenters. The lowest BCUT2D eigenvalue weighted by atomic mass is 9.90. The van der Waals surface area contributed by atoms with E-state index in [4.69, 9.17) is 11.6 Å². The SMILES string of the molecule is Clc1ccc([C@H](C2CCCC2)N2CCNCC2)cc1Br. The summed E-state index contributed by atoms with van der Waals surface area (Å²) < 4.78 is 1.02. The van der Waals surface area contributed by atoms with Crippen LogP contribution in [0.5, 0.6) is 0 Å². The van der Waals surface area contributed by atoms with Crippen LogP contribution in [0, 0.1) is 5.92 Å². The number of hydrogen-bond donors (Lipinski definition) is 1. The molecule has 0 radical (unpaired) electrons. The molecule has 0 amide bonds. The lowest BCUT2D eigenvalue weighted by Gasteiger charge is -2.38. The molecular formula is C16H22BrClN2. The van der Waals surface area contributed by atoms with Crippen molar-refractivity contribution in [2.45, 2.75) is 31.7 Å². The molecule has 110 valence electrons. The van der Waals surface area contributed by atoms with Crippen LogP contribution in [-0.4, -0.2) is 31.1 Å². The Balaban J connectivity index is 1.88. The molecule has 20 heavy (non-hydrogen) atoms. The van der Waals surface area contributed by atoms with Gasteiger partial charge in [-0.05, 0) is 52.4 Å². The fourth-order valence-electron chi connectivity index (χ4n) is 3.71. The van der Waals surface area contributed by atoms with Gasteiger partial charge in [0.15, 0.2) is 0 Å². The average Bonchev–Trinajstić information content (AvgIpc) is 2.98. The summed E-state index contributed by atoms with van der Waals surface area (Å²) in [4.78, 5) is 2.67. The first-order chi connectivity index (χ1) is 9.75. The Morgan fingerprint density at radius 3 is 2.55 bits per heavy atom. The second-order valence-electron chi connectivity index (χ2n) is 5.95. The standard InChI is InChI=1S/C16H22BrClN2/c17-14-11-13(5-6-15(14)18)16(12-3-1-2-4-12)20-9-7-19-8-10-20/h5-6,11-12,16,19H,1-4,7-10H2/t16-/m0/s1. The minimum atomic E-state index is 0.563. The molecule has 1 saturated carbocycles. The van der Waals surface area contributed by atoms with E-state index in [1.54, 1.807) is 0 Å². The molecule has 0 spiro atoms. The first-order valence-electron chi connectivity index (χ1n) is 7.65. The Bertz CT molecular complexity index is 454. The predicted octanol–water partition coefficient (Wildman–Crippen LogP) is 4.24. The Morgan fingerprint density at radius 1 is 1.20 bits per heavy atom. The van der Waals surface area contributed by atoms with E-state index in [-0.39, 0.29) is 0 Å². The molecule has 1 aromatic rings. The summed E-state index contributed by atoms with van der Waals surface area (Å²) in [6.45, 7) is 4.53. The Morgan fingerprint density at radius 2 is 1.90 bits per heavy atom. The quantitative estimate of drug-likeness (QED) is 0.870. The number of nitrogens with one attached hydrogen (secondary N) is 1. The molecule has 1 saturated heterocycles. The topological polar surface area (TPSA) is 15.3 Å². The third-order valence-corrected chi connectivity index (χ3v) is 5.89. The van der Waals surface area contributed by atoms with Crippen molar-refractivity contribution in [1.29, 1.82) is 0 Å². The normalized spacial score (nSPS) is 23.1. The van der Waals surface area contributed by atoms with E-state index in [1.165, 1.54) is 31.2 Å². The van der Waals surface area contributed by atoms with Gasteiger partial charge in [0, 0.05) is 36.7 Å². The fourth-order valence-corrected chi connectivity index (χ4v) is 4.22. The molecule has 2 nitrogen and oxygen atoms in total. The van der Waals surface area contributed by atoms with Gasteiger partial charge in [-0.1, -0.05) is 30.5 Å². The lowest BCUT2D eigenvalue weighted by molar-refractivity contribution is 0.125. The van der Waals surface area contributed by atoms with Crippen LogP contribution in [0.3, 0.4) is 0 Å². The van der Waals surface area contributed by atoms with Gasteiger partial charge in [-0.2, -0.15) is 0 Å². The number of hydrogen-bond acceptors (Lipinski definition) is 2. The van der Waals surface area contributed by atoms with Crippen LogP contribution in [0.1, 0.15) is 37.3 Å².